The van der Waals surface area contributed by atoms with Crippen molar-refractivity contribution in [1.82, 2.24) is 14.5 Å². The quantitative estimate of drug-likeness (QED) is 0.583. The van der Waals surface area contributed by atoms with Gasteiger partial charge in [-0.2, -0.15) is 0 Å². The van der Waals surface area contributed by atoms with Crippen molar-refractivity contribution in [2.45, 2.75) is 26.0 Å². The average Bonchev–Trinajstić information content (AvgIpc) is 2.25. The molecule has 0 aromatic carbocycles. The van der Waals surface area contributed by atoms with Gasteiger partial charge in [0.25, 0.3) is 5.72 Å². The fourth-order valence-electron chi connectivity index (χ4n) is 1.63. The SMILES string of the molecule is CCOC(CC)(C(=O)O)n1c(=O)[nH]c(=O)[nH]c1=O. The number of nitrogens with zero attached hydrogens (tertiary/aromatic N) is 1. The minimum atomic E-state index is -2.14. The Balaban J connectivity index is 3.68. The molecule has 18 heavy (non-hydrogen) atoms. The molecule has 1 atom stereocenters. The van der Waals surface area contributed by atoms with Crippen molar-refractivity contribution in [2.24, 2.45) is 0 Å². The first kappa shape index (κ1) is 13.9. The summed E-state index contributed by atoms with van der Waals surface area (Å²) in [6, 6.07) is 0. The zero-order valence-corrected chi connectivity index (χ0v) is 9.85. The Bertz CT molecular complexity index is 577. The molecule has 0 fully saturated rings. The Labute approximate surface area is 100 Å². The minimum absolute atomic E-state index is 0.0227. The number of carboxylic acid groups (broad SMARTS) is 1. The van der Waals surface area contributed by atoms with Crippen LogP contribution in [0.5, 0.6) is 0 Å². The lowest BCUT2D eigenvalue weighted by Crippen LogP contribution is -2.58. The largest absolute Gasteiger partial charge is 0.478 e. The Morgan fingerprint density at radius 1 is 1.28 bits per heavy atom. The summed E-state index contributed by atoms with van der Waals surface area (Å²) < 4.78 is 5.40. The van der Waals surface area contributed by atoms with Crippen LogP contribution in [0.15, 0.2) is 14.4 Å². The number of aromatic amines is 2. The molecule has 9 nitrogen and oxygen atoms in total. The summed E-state index contributed by atoms with van der Waals surface area (Å²) in [5, 5.41) is 9.20. The van der Waals surface area contributed by atoms with Crippen LogP contribution in [0.2, 0.25) is 0 Å². The molecule has 0 aliphatic heterocycles. The molecular weight excluding hydrogens is 246 g/mol. The molecule has 100 valence electrons. The number of nitrogens with one attached hydrogen (secondary N) is 2. The van der Waals surface area contributed by atoms with Crippen molar-refractivity contribution in [2.75, 3.05) is 6.61 Å². The predicted octanol–water partition coefficient (Wildman–Crippen LogP) is -1.59. The predicted molar refractivity (Wildman–Crippen MR) is 59.5 cm³/mol. The number of carboxylic acids is 1. The second kappa shape index (κ2) is 5.00. The van der Waals surface area contributed by atoms with Gasteiger partial charge >= 0.3 is 23.0 Å². The van der Waals surface area contributed by atoms with E-state index >= 15 is 0 Å². The van der Waals surface area contributed by atoms with E-state index in [9.17, 15) is 24.3 Å². The first-order valence-electron chi connectivity index (χ1n) is 5.22. The highest BCUT2D eigenvalue weighted by Gasteiger charge is 2.42. The van der Waals surface area contributed by atoms with Crippen LogP contribution in [0.1, 0.15) is 20.3 Å². The number of aliphatic carboxylic acids is 1. The number of ether oxygens (including phenoxy) is 1. The maximum absolute atomic E-state index is 11.6. The maximum atomic E-state index is 11.6. The lowest BCUT2D eigenvalue weighted by atomic mass is 10.1. The standard InChI is InChI=1S/C9H13N3O6/c1-3-9(5(13)14,18-4-2)12-7(16)10-6(15)11-8(12)17/h3-4H2,1-2H3,(H,13,14)(H2,10,11,15,16,17). The fourth-order valence-corrected chi connectivity index (χ4v) is 1.63. The van der Waals surface area contributed by atoms with E-state index < -0.39 is 28.8 Å². The molecule has 0 aliphatic carbocycles. The molecule has 9 heteroatoms. The summed E-state index contributed by atoms with van der Waals surface area (Å²) in [5.41, 5.74) is -5.42. The number of rotatable bonds is 5. The van der Waals surface area contributed by atoms with Gasteiger partial charge in [-0.15, -0.1) is 0 Å². The van der Waals surface area contributed by atoms with Crippen LogP contribution in [0.3, 0.4) is 0 Å². The number of carbonyl (C=O) groups is 1. The maximum Gasteiger partial charge on any atom is 0.358 e. The summed E-state index contributed by atoms with van der Waals surface area (Å²) in [7, 11) is 0. The third-order valence-corrected chi connectivity index (χ3v) is 2.40. The molecule has 3 N–H and O–H groups in total. The van der Waals surface area contributed by atoms with Gasteiger partial charge < -0.3 is 9.84 Å². The van der Waals surface area contributed by atoms with Gasteiger partial charge in [0, 0.05) is 13.0 Å². The molecule has 1 rings (SSSR count). The Morgan fingerprint density at radius 2 is 1.78 bits per heavy atom. The summed E-state index contributed by atoms with van der Waals surface area (Å²) in [6.45, 7) is 2.95. The van der Waals surface area contributed by atoms with Gasteiger partial charge in [0.2, 0.25) is 0 Å². The first-order chi connectivity index (χ1) is 8.39. The third kappa shape index (κ3) is 2.12. The highest BCUT2D eigenvalue weighted by atomic mass is 16.5. The lowest BCUT2D eigenvalue weighted by molar-refractivity contribution is -0.184. The highest BCUT2D eigenvalue weighted by molar-refractivity contribution is 5.74. The number of H-pyrrole nitrogens is 2. The molecule has 1 aromatic heterocycles. The van der Waals surface area contributed by atoms with E-state index in [1.54, 1.807) is 9.97 Å². The zero-order valence-electron chi connectivity index (χ0n) is 9.85. The van der Waals surface area contributed by atoms with Gasteiger partial charge in [-0.1, -0.05) is 6.92 Å². The highest BCUT2D eigenvalue weighted by Crippen LogP contribution is 2.19. The van der Waals surface area contributed by atoms with Gasteiger partial charge in [0.15, 0.2) is 0 Å². The van der Waals surface area contributed by atoms with E-state index in [1.807, 2.05) is 0 Å². The Hall–Kier alpha value is -2.16. The van der Waals surface area contributed by atoms with Crippen molar-refractivity contribution < 1.29 is 14.6 Å². The van der Waals surface area contributed by atoms with Crippen molar-refractivity contribution >= 4 is 5.97 Å². The fraction of sp³-hybridized carbons (Fsp3) is 0.556. The van der Waals surface area contributed by atoms with E-state index in [0.29, 0.717) is 4.57 Å². The van der Waals surface area contributed by atoms with Gasteiger partial charge in [0.1, 0.15) is 0 Å². The van der Waals surface area contributed by atoms with Gasteiger partial charge in [-0.25, -0.2) is 23.7 Å². The molecule has 0 amide bonds. The normalized spacial score (nSPS) is 14.1. The van der Waals surface area contributed by atoms with Crippen molar-refractivity contribution in [3.63, 3.8) is 0 Å². The van der Waals surface area contributed by atoms with Crippen LogP contribution in [-0.4, -0.2) is 32.2 Å². The summed E-state index contributed by atoms with van der Waals surface area (Å²) >= 11 is 0. The molecule has 0 radical (unpaired) electrons. The van der Waals surface area contributed by atoms with Crippen LogP contribution in [0.4, 0.5) is 0 Å². The van der Waals surface area contributed by atoms with Crippen LogP contribution in [-0.2, 0) is 15.3 Å². The number of hydrogen-bond acceptors (Lipinski definition) is 5. The van der Waals surface area contributed by atoms with E-state index in [0.717, 1.165) is 0 Å². The molecular formula is C9H13N3O6. The average molecular weight is 259 g/mol. The molecule has 0 saturated heterocycles. The van der Waals surface area contributed by atoms with E-state index in [-0.39, 0.29) is 13.0 Å². The second-order valence-electron chi connectivity index (χ2n) is 3.40. The van der Waals surface area contributed by atoms with Crippen molar-refractivity contribution in [3.8, 4) is 0 Å². The number of aromatic nitrogens is 3. The van der Waals surface area contributed by atoms with Crippen LogP contribution < -0.4 is 17.1 Å². The molecule has 0 bridgehead atoms. The van der Waals surface area contributed by atoms with Crippen LogP contribution >= 0.6 is 0 Å². The second-order valence-corrected chi connectivity index (χ2v) is 3.40. The van der Waals surface area contributed by atoms with E-state index in [1.165, 1.54) is 13.8 Å². The molecule has 0 saturated carbocycles. The molecule has 0 aliphatic rings. The van der Waals surface area contributed by atoms with Crippen LogP contribution in [0.25, 0.3) is 0 Å². The van der Waals surface area contributed by atoms with Gasteiger partial charge in [-0.3, -0.25) is 9.97 Å². The third-order valence-electron chi connectivity index (χ3n) is 2.40. The number of hydrogen-bond donors (Lipinski definition) is 3. The van der Waals surface area contributed by atoms with Crippen LogP contribution in [0, 0.1) is 0 Å². The summed E-state index contributed by atoms with van der Waals surface area (Å²) in [4.78, 5) is 48.9. The summed E-state index contributed by atoms with van der Waals surface area (Å²) in [5.74, 6) is -1.49. The molecule has 1 heterocycles. The monoisotopic (exact) mass is 259 g/mol. The molecule has 1 aromatic rings. The summed E-state index contributed by atoms with van der Waals surface area (Å²) in [6.07, 6.45) is -0.162. The topological polar surface area (TPSA) is 134 Å². The van der Waals surface area contributed by atoms with E-state index in [2.05, 4.69) is 0 Å². The first-order valence-corrected chi connectivity index (χ1v) is 5.22. The lowest BCUT2D eigenvalue weighted by Gasteiger charge is -2.28. The Kier molecular flexibility index (Phi) is 3.86. The minimum Gasteiger partial charge on any atom is -0.478 e. The zero-order chi connectivity index (χ0) is 13.9. The van der Waals surface area contributed by atoms with E-state index in [4.69, 9.17) is 4.74 Å². The van der Waals surface area contributed by atoms with Crippen molar-refractivity contribution in [3.05, 3.63) is 31.5 Å². The molecule has 0 spiro atoms. The Morgan fingerprint density at radius 3 is 2.11 bits per heavy atom. The van der Waals surface area contributed by atoms with Crippen molar-refractivity contribution in [1.29, 1.82) is 0 Å². The van der Waals surface area contributed by atoms with Gasteiger partial charge in [-0.05, 0) is 6.92 Å². The smallest absolute Gasteiger partial charge is 0.358 e. The molecule has 1 unspecified atom stereocenters. The van der Waals surface area contributed by atoms with Gasteiger partial charge in [0.05, 0.1) is 0 Å².